The standard InChI is InChI=1S/C17H20ClN/c1-12-4-6-14(7-5-12)11-17(19-3)16-9-8-15(18)10-13(16)2/h4-10,17,19H,11H2,1-3H3. The van der Waals surface area contributed by atoms with E-state index in [0.29, 0.717) is 6.04 Å². The molecule has 0 aliphatic rings. The van der Waals surface area contributed by atoms with Crippen LogP contribution in [0.25, 0.3) is 0 Å². The Balaban J connectivity index is 2.22. The van der Waals surface area contributed by atoms with Crippen molar-refractivity contribution in [1.29, 1.82) is 0 Å². The monoisotopic (exact) mass is 273 g/mol. The average Bonchev–Trinajstić information content (AvgIpc) is 2.39. The molecule has 0 aliphatic heterocycles. The summed E-state index contributed by atoms with van der Waals surface area (Å²) in [6, 6.07) is 15.1. The summed E-state index contributed by atoms with van der Waals surface area (Å²) in [7, 11) is 2.01. The van der Waals surface area contributed by atoms with Crippen LogP contribution in [0.2, 0.25) is 5.02 Å². The van der Waals surface area contributed by atoms with Gasteiger partial charge in [0.1, 0.15) is 0 Å². The molecule has 1 unspecified atom stereocenters. The molecule has 1 atom stereocenters. The summed E-state index contributed by atoms with van der Waals surface area (Å²) < 4.78 is 0. The topological polar surface area (TPSA) is 12.0 Å². The Hall–Kier alpha value is -1.31. The molecule has 1 N–H and O–H groups in total. The third-order valence-electron chi connectivity index (χ3n) is 3.52. The molecule has 1 nitrogen and oxygen atoms in total. The van der Waals surface area contributed by atoms with Crippen LogP contribution in [0.3, 0.4) is 0 Å². The minimum absolute atomic E-state index is 0.319. The van der Waals surface area contributed by atoms with Crippen LogP contribution in [0.5, 0.6) is 0 Å². The Bertz CT molecular complexity index is 546. The molecule has 0 aromatic heterocycles. The number of benzene rings is 2. The lowest BCUT2D eigenvalue weighted by atomic mass is 9.95. The van der Waals surface area contributed by atoms with Crippen LogP contribution >= 0.6 is 11.6 Å². The number of hydrogen-bond acceptors (Lipinski definition) is 1. The fourth-order valence-corrected chi connectivity index (χ4v) is 2.58. The van der Waals surface area contributed by atoms with Gasteiger partial charge in [0.25, 0.3) is 0 Å². The summed E-state index contributed by atoms with van der Waals surface area (Å²) in [5.41, 5.74) is 5.19. The van der Waals surface area contributed by atoms with Crippen LogP contribution in [-0.4, -0.2) is 7.05 Å². The minimum atomic E-state index is 0.319. The third-order valence-corrected chi connectivity index (χ3v) is 3.75. The normalized spacial score (nSPS) is 12.4. The van der Waals surface area contributed by atoms with Crippen molar-refractivity contribution in [3.05, 3.63) is 69.7 Å². The zero-order chi connectivity index (χ0) is 13.8. The average molecular weight is 274 g/mol. The SMILES string of the molecule is CNC(Cc1ccc(C)cc1)c1ccc(Cl)cc1C. The molecule has 0 heterocycles. The van der Waals surface area contributed by atoms with E-state index in [0.717, 1.165) is 11.4 Å². The molecule has 2 aromatic carbocycles. The van der Waals surface area contributed by atoms with Crippen molar-refractivity contribution in [1.82, 2.24) is 5.32 Å². The smallest absolute Gasteiger partial charge is 0.0408 e. The van der Waals surface area contributed by atoms with Gasteiger partial charge < -0.3 is 5.32 Å². The number of rotatable bonds is 4. The van der Waals surface area contributed by atoms with Gasteiger partial charge in [-0.25, -0.2) is 0 Å². The number of aryl methyl sites for hydroxylation is 2. The van der Waals surface area contributed by atoms with Gasteiger partial charge in [0.05, 0.1) is 0 Å². The Labute approximate surface area is 120 Å². The Morgan fingerprint density at radius 2 is 1.74 bits per heavy atom. The summed E-state index contributed by atoms with van der Waals surface area (Å²) in [4.78, 5) is 0. The van der Waals surface area contributed by atoms with Crippen molar-refractivity contribution < 1.29 is 0 Å². The van der Waals surface area contributed by atoms with Crippen molar-refractivity contribution in [2.75, 3.05) is 7.05 Å². The first kappa shape index (κ1) is 14.1. The molecular weight excluding hydrogens is 254 g/mol. The highest BCUT2D eigenvalue weighted by Gasteiger charge is 2.12. The van der Waals surface area contributed by atoms with Crippen molar-refractivity contribution >= 4 is 11.6 Å². The second-order valence-corrected chi connectivity index (χ2v) is 5.47. The maximum absolute atomic E-state index is 6.02. The van der Waals surface area contributed by atoms with Crippen molar-refractivity contribution in [2.24, 2.45) is 0 Å². The van der Waals surface area contributed by atoms with Gasteiger partial charge in [-0.1, -0.05) is 47.5 Å². The minimum Gasteiger partial charge on any atom is -0.313 e. The van der Waals surface area contributed by atoms with Crippen molar-refractivity contribution in [3.63, 3.8) is 0 Å². The lowest BCUT2D eigenvalue weighted by Crippen LogP contribution is -2.19. The Morgan fingerprint density at radius 3 is 2.32 bits per heavy atom. The summed E-state index contributed by atoms with van der Waals surface area (Å²) >= 11 is 6.02. The van der Waals surface area contributed by atoms with Gasteiger partial charge in [0, 0.05) is 11.1 Å². The number of halogens is 1. The molecule has 0 spiro atoms. The molecular formula is C17H20ClN. The quantitative estimate of drug-likeness (QED) is 0.867. The van der Waals surface area contributed by atoms with E-state index < -0.39 is 0 Å². The summed E-state index contributed by atoms with van der Waals surface area (Å²) in [6.07, 6.45) is 0.985. The zero-order valence-corrected chi connectivity index (χ0v) is 12.5. The molecule has 0 saturated heterocycles. The first-order valence-electron chi connectivity index (χ1n) is 6.59. The van der Waals surface area contributed by atoms with E-state index in [-0.39, 0.29) is 0 Å². The molecule has 2 heteroatoms. The molecule has 100 valence electrons. The lowest BCUT2D eigenvalue weighted by molar-refractivity contribution is 0.589. The van der Waals surface area contributed by atoms with Gasteiger partial charge >= 0.3 is 0 Å². The van der Waals surface area contributed by atoms with Gasteiger partial charge in [0.15, 0.2) is 0 Å². The molecule has 0 saturated carbocycles. The van der Waals surface area contributed by atoms with Crippen LogP contribution in [-0.2, 0) is 6.42 Å². The molecule has 2 aromatic rings. The maximum Gasteiger partial charge on any atom is 0.0408 e. The third kappa shape index (κ3) is 3.59. The summed E-state index contributed by atoms with van der Waals surface area (Å²) in [5, 5.41) is 4.20. The Morgan fingerprint density at radius 1 is 1.05 bits per heavy atom. The molecule has 0 amide bonds. The highest BCUT2D eigenvalue weighted by molar-refractivity contribution is 6.30. The molecule has 0 fully saturated rings. The summed E-state index contributed by atoms with van der Waals surface area (Å²) in [5.74, 6) is 0. The van der Waals surface area contributed by atoms with Gasteiger partial charge in [-0.15, -0.1) is 0 Å². The van der Waals surface area contributed by atoms with Gasteiger partial charge in [-0.3, -0.25) is 0 Å². The van der Waals surface area contributed by atoms with Gasteiger partial charge in [0.2, 0.25) is 0 Å². The second-order valence-electron chi connectivity index (χ2n) is 5.03. The van der Waals surface area contributed by atoms with E-state index in [2.05, 4.69) is 49.5 Å². The molecule has 2 rings (SSSR count). The fourth-order valence-electron chi connectivity index (χ4n) is 2.36. The van der Waals surface area contributed by atoms with Crippen molar-refractivity contribution in [2.45, 2.75) is 26.3 Å². The van der Waals surface area contributed by atoms with Gasteiger partial charge in [-0.2, -0.15) is 0 Å². The number of hydrogen-bond donors (Lipinski definition) is 1. The van der Waals surface area contributed by atoms with E-state index in [9.17, 15) is 0 Å². The molecule has 0 aliphatic carbocycles. The highest BCUT2D eigenvalue weighted by Crippen LogP contribution is 2.24. The fraction of sp³-hybridized carbons (Fsp3) is 0.294. The van der Waals surface area contributed by atoms with Crippen molar-refractivity contribution in [3.8, 4) is 0 Å². The van der Waals surface area contributed by atoms with Crippen LogP contribution in [0, 0.1) is 13.8 Å². The molecule has 0 bridgehead atoms. The highest BCUT2D eigenvalue weighted by atomic mass is 35.5. The first-order valence-corrected chi connectivity index (χ1v) is 6.97. The van der Waals surface area contributed by atoms with Crippen LogP contribution < -0.4 is 5.32 Å². The largest absolute Gasteiger partial charge is 0.313 e. The number of likely N-dealkylation sites (N-methyl/N-ethyl adjacent to an activating group) is 1. The van der Waals surface area contributed by atoms with E-state index in [1.165, 1.54) is 22.3 Å². The molecule has 0 radical (unpaired) electrons. The number of nitrogens with one attached hydrogen (secondary N) is 1. The van der Waals surface area contributed by atoms with E-state index in [1.807, 2.05) is 19.2 Å². The molecule has 19 heavy (non-hydrogen) atoms. The van der Waals surface area contributed by atoms with E-state index in [1.54, 1.807) is 0 Å². The van der Waals surface area contributed by atoms with E-state index in [4.69, 9.17) is 11.6 Å². The van der Waals surface area contributed by atoms with Gasteiger partial charge in [-0.05, 0) is 56.1 Å². The van der Waals surface area contributed by atoms with E-state index >= 15 is 0 Å². The second kappa shape index (κ2) is 6.23. The predicted molar refractivity (Wildman–Crippen MR) is 82.9 cm³/mol. The zero-order valence-electron chi connectivity index (χ0n) is 11.7. The predicted octanol–water partition coefficient (Wildman–Crippen LogP) is 4.46. The summed E-state index contributed by atoms with van der Waals surface area (Å²) in [6.45, 7) is 4.23. The lowest BCUT2D eigenvalue weighted by Gasteiger charge is -2.19. The van der Waals surface area contributed by atoms with Crippen LogP contribution in [0.1, 0.15) is 28.3 Å². The van der Waals surface area contributed by atoms with Crippen LogP contribution in [0.15, 0.2) is 42.5 Å². The Kier molecular flexibility index (Phi) is 4.62. The first-order chi connectivity index (χ1) is 9.10. The maximum atomic E-state index is 6.02. The van der Waals surface area contributed by atoms with Crippen LogP contribution in [0.4, 0.5) is 0 Å².